The molecular weight excluding hydrogens is 432 g/mol. The van der Waals surface area contributed by atoms with Crippen LogP contribution in [0.5, 0.6) is 0 Å². The molecule has 0 aromatic heterocycles. The quantitative estimate of drug-likeness (QED) is 0.470. The summed E-state index contributed by atoms with van der Waals surface area (Å²) in [6.07, 6.45) is 6.79. The predicted octanol–water partition coefficient (Wildman–Crippen LogP) is 5.21. The van der Waals surface area contributed by atoms with Crippen molar-refractivity contribution in [1.82, 2.24) is 0 Å². The topological polar surface area (TPSA) is 60.6 Å². The number of hydrogen-bond donors (Lipinski definition) is 1. The summed E-state index contributed by atoms with van der Waals surface area (Å²) in [6.45, 7) is 9.41. The van der Waals surface area contributed by atoms with Crippen LogP contribution in [0.4, 0.5) is 11.4 Å². The number of anilines is 1. The van der Waals surface area contributed by atoms with E-state index in [9.17, 15) is 13.0 Å². The predicted molar refractivity (Wildman–Crippen MR) is 135 cm³/mol. The fourth-order valence-corrected chi connectivity index (χ4v) is 5.81. The Hall–Kier alpha value is -2.70. The van der Waals surface area contributed by atoms with Gasteiger partial charge >= 0.3 is 0 Å². The van der Waals surface area contributed by atoms with Gasteiger partial charge in [-0.3, -0.25) is 4.55 Å². The van der Waals surface area contributed by atoms with Crippen molar-refractivity contribution in [2.75, 3.05) is 24.2 Å². The van der Waals surface area contributed by atoms with Crippen LogP contribution in [0.3, 0.4) is 0 Å². The third kappa shape index (κ3) is 4.18. The first-order valence-electron chi connectivity index (χ1n) is 11.4. The number of benzene rings is 2. The molecule has 0 atom stereocenters. The Morgan fingerprint density at radius 3 is 2.27 bits per heavy atom. The first-order chi connectivity index (χ1) is 15.4. The van der Waals surface area contributed by atoms with Gasteiger partial charge in [0, 0.05) is 41.1 Å². The lowest BCUT2D eigenvalue weighted by molar-refractivity contribution is -0.401. The van der Waals surface area contributed by atoms with Crippen molar-refractivity contribution in [2.24, 2.45) is 0 Å². The largest absolute Gasteiger partial charge is 0.344 e. The van der Waals surface area contributed by atoms with Gasteiger partial charge in [0.2, 0.25) is 5.69 Å². The van der Waals surface area contributed by atoms with Gasteiger partial charge in [-0.1, -0.05) is 56.3 Å². The molecule has 5 nitrogen and oxygen atoms in total. The number of para-hydroxylation sites is 2. The van der Waals surface area contributed by atoms with Gasteiger partial charge in [0.15, 0.2) is 5.71 Å². The van der Waals surface area contributed by atoms with Crippen molar-refractivity contribution < 1.29 is 17.5 Å². The normalized spacial score (nSPS) is 20.1. The summed E-state index contributed by atoms with van der Waals surface area (Å²) in [7, 11) is -1.87. The second-order valence-corrected chi connectivity index (χ2v) is 11.5. The summed E-state index contributed by atoms with van der Waals surface area (Å²) in [5.41, 5.74) is 6.90. The zero-order valence-electron chi connectivity index (χ0n) is 20.0. The van der Waals surface area contributed by atoms with E-state index in [4.69, 9.17) is 0 Å². The average molecular weight is 466 g/mol. The standard InChI is InChI=1S/C27H32N2O3S/c1-26(2)20-12-6-8-14-22(20)28(5)24(26)16-10-17-25-27(3,4)21-13-7-9-15-23(21)29(25)18-11-19-33(30,31)32/h6-10,12-17H,11,18-19H2,1-5H3/p+1. The second-order valence-electron chi connectivity index (χ2n) is 9.93. The Bertz CT molecular complexity index is 1280. The summed E-state index contributed by atoms with van der Waals surface area (Å²) in [4.78, 5) is 2.19. The van der Waals surface area contributed by atoms with Gasteiger partial charge in [0.05, 0.1) is 11.2 Å². The molecule has 0 amide bonds. The fourth-order valence-electron chi connectivity index (χ4n) is 5.32. The van der Waals surface area contributed by atoms with Gasteiger partial charge in [0.1, 0.15) is 7.05 Å². The summed E-state index contributed by atoms with van der Waals surface area (Å²) in [5, 5.41) is 0. The van der Waals surface area contributed by atoms with Gasteiger partial charge in [-0.2, -0.15) is 13.0 Å². The number of hydrogen-bond acceptors (Lipinski definition) is 3. The van der Waals surface area contributed by atoms with Crippen LogP contribution in [0.1, 0.15) is 45.2 Å². The second kappa shape index (κ2) is 8.26. The fraction of sp³-hybridized carbons (Fsp3) is 0.370. The Balaban J connectivity index is 1.68. The molecule has 1 N–H and O–H groups in total. The van der Waals surface area contributed by atoms with Crippen LogP contribution in [0, 0.1) is 0 Å². The van der Waals surface area contributed by atoms with Crippen LogP contribution < -0.4 is 4.90 Å². The first-order valence-corrected chi connectivity index (χ1v) is 13.0. The smallest absolute Gasteiger partial charge is 0.264 e. The Labute approximate surface area is 197 Å². The molecule has 33 heavy (non-hydrogen) atoms. The molecule has 2 aliphatic heterocycles. The molecule has 2 aromatic carbocycles. The summed E-state index contributed by atoms with van der Waals surface area (Å²) in [5.74, 6) is -0.246. The maximum Gasteiger partial charge on any atom is 0.264 e. The van der Waals surface area contributed by atoms with Gasteiger partial charge in [-0.15, -0.1) is 0 Å². The highest BCUT2D eigenvalue weighted by molar-refractivity contribution is 7.85. The first kappa shape index (κ1) is 23.5. The number of fused-ring (bicyclic) bond motifs is 2. The van der Waals surface area contributed by atoms with Gasteiger partial charge < -0.3 is 4.90 Å². The third-order valence-corrected chi connectivity index (χ3v) is 7.84. The van der Waals surface area contributed by atoms with Crippen LogP contribution in [0.2, 0.25) is 0 Å². The van der Waals surface area contributed by atoms with Gasteiger partial charge in [-0.25, -0.2) is 0 Å². The summed E-state index contributed by atoms with van der Waals surface area (Å²) in [6, 6.07) is 16.8. The van der Waals surface area contributed by atoms with Crippen molar-refractivity contribution in [3.05, 3.63) is 83.6 Å². The molecule has 174 valence electrons. The van der Waals surface area contributed by atoms with Crippen molar-refractivity contribution in [3.63, 3.8) is 0 Å². The zero-order chi connectivity index (χ0) is 24.0. The highest BCUT2D eigenvalue weighted by atomic mass is 32.2. The molecule has 2 aromatic rings. The van der Waals surface area contributed by atoms with E-state index in [0.29, 0.717) is 13.0 Å². The Kier molecular flexibility index (Phi) is 5.87. The summed E-state index contributed by atoms with van der Waals surface area (Å²) < 4.78 is 34.0. The number of nitrogens with zero attached hydrogens (tertiary/aromatic N) is 2. The molecule has 0 saturated heterocycles. The van der Waals surface area contributed by atoms with Crippen LogP contribution in [-0.2, 0) is 20.9 Å². The molecule has 2 heterocycles. The maximum atomic E-state index is 11.3. The molecule has 0 unspecified atom stereocenters. The van der Waals surface area contributed by atoms with E-state index >= 15 is 0 Å². The van der Waals surface area contributed by atoms with E-state index < -0.39 is 10.1 Å². The molecule has 2 aliphatic rings. The zero-order valence-corrected chi connectivity index (χ0v) is 20.9. The molecule has 6 heteroatoms. The average Bonchev–Trinajstić information content (AvgIpc) is 3.08. The molecule has 0 fully saturated rings. The molecule has 0 aliphatic carbocycles. The minimum atomic E-state index is -3.98. The maximum absolute atomic E-state index is 11.3. The minimum absolute atomic E-state index is 0.0936. The molecular formula is C27H33N2O3S+. The highest BCUT2D eigenvalue weighted by Crippen LogP contribution is 2.47. The molecule has 0 bridgehead atoms. The van der Waals surface area contributed by atoms with E-state index in [2.05, 4.69) is 98.8 Å². The molecule has 0 radical (unpaired) electrons. The van der Waals surface area contributed by atoms with Crippen LogP contribution >= 0.6 is 0 Å². The van der Waals surface area contributed by atoms with Crippen molar-refractivity contribution in [2.45, 2.75) is 44.9 Å². The van der Waals surface area contributed by atoms with Crippen molar-refractivity contribution in [1.29, 1.82) is 0 Å². The lowest BCUT2D eigenvalue weighted by Crippen LogP contribution is -2.28. The Morgan fingerprint density at radius 2 is 1.61 bits per heavy atom. The molecule has 4 rings (SSSR count). The van der Waals surface area contributed by atoms with Crippen molar-refractivity contribution in [3.8, 4) is 0 Å². The van der Waals surface area contributed by atoms with Gasteiger partial charge in [-0.05, 0) is 38.0 Å². The highest BCUT2D eigenvalue weighted by Gasteiger charge is 2.43. The van der Waals surface area contributed by atoms with E-state index in [0.717, 1.165) is 11.4 Å². The lowest BCUT2D eigenvalue weighted by Gasteiger charge is -2.27. The van der Waals surface area contributed by atoms with Gasteiger partial charge in [0.25, 0.3) is 10.1 Å². The van der Waals surface area contributed by atoms with E-state index in [1.54, 1.807) is 0 Å². The summed E-state index contributed by atoms with van der Waals surface area (Å²) >= 11 is 0. The van der Waals surface area contributed by atoms with Crippen LogP contribution in [0.15, 0.2) is 72.5 Å². The Morgan fingerprint density at radius 1 is 0.970 bits per heavy atom. The molecule has 0 saturated carbocycles. The monoisotopic (exact) mass is 465 g/mol. The third-order valence-electron chi connectivity index (χ3n) is 7.03. The number of allylic oxidation sites excluding steroid dienone is 4. The number of rotatable bonds is 6. The minimum Gasteiger partial charge on any atom is -0.344 e. The van der Waals surface area contributed by atoms with E-state index in [1.165, 1.54) is 22.5 Å². The lowest BCUT2D eigenvalue weighted by atomic mass is 9.81. The van der Waals surface area contributed by atoms with Crippen LogP contribution in [-0.4, -0.2) is 42.6 Å². The van der Waals surface area contributed by atoms with E-state index in [1.807, 2.05) is 12.1 Å². The van der Waals surface area contributed by atoms with Crippen molar-refractivity contribution >= 4 is 27.2 Å². The molecule has 0 spiro atoms. The van der Waals surface area contributed by atoms with E-state index in [-0.39, 0.29) is 16.6 Å². The van der Waals surface area contributed by atoms with Crippen LogP contribution in [0.25, 0.3) is 0 Å². The SMILES string of the molecule is C[N+]1=C(C=CC=C2N(CCCS(=O)(=O)O)c3ccccc3C2(C)C)C(C)(C)c2ccccc21.